The van der Waals surface area contributed by atoms with E-state index in [1.165, 1.54) is 9.81 Å². The van der Waals surface area contributed by atoms with Gasteiger partial charge in [0.1, 0.15) is 0 Å². The van der Waals surface area contributed by atoms with Crippen molar-refractivity contribution >= 4 is 11.8 Å². The van der Waals surface area contributed by atoms with Crippen molar-refractivity contribution < 1.29 is 0 Å². The third-order valence-electron chi connectivity index (χ3n) is 0.919. The lowest BCUT2D eigenvalue weighted by Crippen LogP contribution is -1.70. The normalized spacial score (nSPS) is 17.8. The molecule has 1 aliphatic rings. The molecule has 0 fully saturated rings. The first-order valence-corrected chi connectivity index (χ1v) is 3.39. The zero-order valence-electron chi connectivity index (χ0n) is 5.06. The summed E-state index contributed by atoms with van der Waals surface area (Å²) < 4.78 is 0. The summed E-state index contributed by atoms with van der Waals surface area (Å²) in [6.07, 6.45) is 4.03. The molecular formula is C7H8S. The van der Waals surface area contributed by atoms with E-state index >= 15 is 0 Å². The van der Waals surface area contributed by atoms with E-state index in [4.69, 9.17) is 0 Å². The summed E-state index contributed by atoms with van der Waals surface area (Å²) in [6.45, 7) is 4.17. The predicted molar refractivity (Wildman–Crippen MR) is 38.6 cm³/mol. The summed E-state index contributed by atoms with van der Waals surface area (Å²) in [7, 11) is 0. The molecule has 0 aromatic heterocycles. The summed E-state index contributed by atoms with van der Waals surface area (Å²) in [5, 5.41) is 0. The van der Waals surface area contributed by atoms with E-state index in [-0.39, 0.29) is 0 Å². The monoisotopic (exact) mass is 124 g/mol. The van der Waals surface area contributed by atoms with Gasteiger partial charge >= 0.3 is 0 Å². The van der Waals surface area contributed by atoms with Crippen molar-refractivity contribution in [3.63, 3.8) is 0 Å². The van der Waals surface area contributed by atoms with E-state index in [0.29, 0.717) is 0 Å². The Morgan fingerprint density at radius 2 is 2.25 bits per heavy atom. The third-order valence-corrected chi connectivity index (χ3v) is 1.80. The summed E-state index contributed by atoms with van der Waals surface area (Å²) >= 11 is 1.78. The zero-order valence-corrected chi connectivity index (χ0v) is 5.88. The molecule has 0 N–H and O–H groups in total. The number of allylic oxidation sites excluding steroid dienone is 3. The quantitative estimate of drug-likeness (QED) is 0.447. The highest BCUT2D eigenvalue weighted by molar-refractivity contribution is 8.06. The van der Waals surface area contributed by atoms with Gasteiger partial charge in [0, 0.05) is 4.91 Å². The van der Waals surface area contributed by atoms with Crippen LogP contribution in [0.4, 0.5) is 0 Å². The Kier molecular flexibility index (Phi) is 1.62. The third kappa shape index (κ3) is 1.29. The average molecular weight is 124 g/mol. The van der Waals surface area contributed by atoms with Crippen LogP contribution in [-0.4, -0.2) is 0 Å². The van der Waals surface area contributed by atoms with Crippen molar-refractivity contribution in [1.82, 2.24) is 0 Å². The minimum absolute atomic E-state index is 1.25. The lowest BCUT2D eigenvalue weighted by molar-refractivity contribution is 1.61. The molecule has 0 aliphatic carbocycles. The first-order valence-electron chi connectivity index (χ1n) is 2.57. The van der Waals surface area contributed by atoms with Crippen LogP contribution in [0.1, 0.15) is 13.8 Å². The molecule has 0 amide bonds. The van der Waals surface area contributed by atoms with Crippen LogP contribution in [0.15, 0.2) is 27.7 Å². The van der Waals surface area contributed by atoms with E-state index in [0.717, 1.165) is 0 Å². The maximum Gasteiger partial charge on any atom is 0.0281 e. The van der Waals surface area contributed by atoms with Gasteiger partial charge in [-0.15, -0.1) is 5.73 Å². The van der Waals surface area contributed by atoms with Crippen LogP contribution in [0.25, 0.3) is 0 Å². The van der Waals surface area contributed by atoms with Crippen LogP contribution >= 0.6 is 11.8 Å². The molecule has 0 spiro atoms. The smallest absolute Gasteiger partial charge is 0.0281 e. The molecule has 0 aromatic rings. The molecule has 0 bridgehead atoms. The molecule has 1 rings (SSSR count). The standard InChI is InChI=1S/C7H8S/c1-6-4-3-5-7(2)8-6/h3-4H,1-2H3. The van der Waals surface area contributed by atoms with Crippen molar-refractivity contribution in [3.05, 3.63) is 27.7 Å². The van der Waals surface area contributed by atoms with Crippen LogP contribution in [0.2, 0.25) is 0 Å². The first-order chi connectivity index (χ1) is 3.79. The van der Waals surface area contributed by atoms with Crippen LogP contribution < -0.4 is 0 Å². The van der Waals surface area contributed by atoms with Gasteiger partial charge in [0.25, 0.3) is 0 Å². The summed E-state index contributed by atoms with van der Waals surface area (Å²) in [5.41, 5.74) is 3.09. The molecule has 1 heterocycles. The first kappa shape index (κ1) is 5.74. The molecule has 0 saturated heterocycles. The molecule has 1 aliphatic heterocycles. The Bertz CT molecular complexity index is 181. The van der Waals surface area contributed by atoms with Crippen LogP contribution in [0, 0.1) is 0 Å². The molecule has 0 aromatic carbocycles. The fraction of sp³-hybridized carbons (Fsp3) is 0.286. The summed E-state index contributed by atoms with van der Waals surface area (Å²) in [6, 6.07) is 0. The highest BCUT2D eigenvalue weighted by atomic mass is 32.2. The minimum atomic E-state index is 1.25. The van der Waals surface area contributed by atoms with Gasteiger partial charge in [-0.3, -0.25) is 0 Å². The van der Waals surface area contributed by atoms with Gasteiger partial charge in [0.05, 0.1) is 0 Å². The topological polar surface area (TPSA) is 0 Å². The Morgan fingerprint density at radius 3 is 2.62 bits per heavy atom. The maximum atomic E-state index is 3.09. The highest BCUT2D eigenvalue weighted by Gasteiger charge is 1.92. The number of rotatable bonds is 0. The summed E-state index contributed by atoms with van der Waals surface area (Å²) in [5.74, 6) is 0. The van der Waals surface area contributed by atoms with E-state index in [9.17, 15) is 0 Å². The van der Waals surface area contributed by atoms with Gasteiger partial charge in [-0.1, -0.05) is 11.8 Å². The van der Waals surface area contributed by atoms with E-state index in [2.05, 4.69) is 25.7 Å². The fourth-order valence-corrected chi connectivity index (χ4v) is 1.33. The molecule has 0 saturated carbocycles. The Hall–Kier alpha value is -0.390. The lowest BCUT2D eigenvalue weighted by Gasteiger charge is -1.99. The van der Waals surface area contributed by atoms with E-state index in [1.807, 2.05) is 6.08 Å². The molecule has 1 heteroatoms. The highest BCUT2D eigenvalue weighted by Crippen LogP contribution is 2.25. The number of hydrogen-bond donors (Lipinski definition) is 0. The van der Waals surface area contributed by atoms with Crippen LogP contribution in [-0.2, 0) is 0 Å². The molecular weight excluding hydrogens is 116 g/mol. The molecule has 0 atom stereocenters. The molecule has 0 unspecified atom stereocenters. The Morgan fingerprint density at radius 1 is 1.50 bits per heavy atom. The second kappa shape index (κ2) is 2.25. The van der Waals surface area contributed by atoms with Crippen molar-refractivity contribution in [2.45, 2.75) is 13.8 Å². The summed E-state index contributed by atoms with van der Waals surface area (Å²) in [4.78, 5) is 2.60. The average Bonchev–Trinajstić information content (AvgIpc) is 1.64. The van der Waals surface area contributed by atoms with Crippen molar-refractivity contribution in [3.8, 4) is 0 Å². The van der Waals surface area contributed by atoms with Gasteiger partial charge in [-0.25, -0.2) is 0 Å². The largest absolute Gasteiger partial charge is 0.110 e. The van der Waals surface area contributed by atoms with Crippen LogP contribution in [0.3, 0.4) is 0 Å². The van der Waals surface area contributed by atoms with E-state index < -0.39 is 0 Å². The lowest BCUT2D eigenvalue weighted by atomic mass is 10.5. The second-order valence-electron chi connectivity index (χ2n) is 1.75. The van der Waals surface area contributed by atoms with Crippen molar-refractivity contribution in [1.29, 1.82) is 0 Å². The molecule has 0 nitrogen and oxygen atoms in total. The predicted octanol–water partition coefficient (Wildman–Crippen LogP) is 2.70. The van der Waals surface area contributed by atoms with Gasteiger partial charge in [0.2, 0.25) is 0 Å². The maximum absolute atomic E-state index is 3.09. The molecule has 0 radical (unpaired) electrons. The number of hydrogen-bond acceptors (Lipinski definition) is 1. The van der Waals surface area contributed by atoms with Gasteiger partial charge in [-0.05, 0) is 30.9 Å². The number of thioether (sulfide) groups is 1. The van der Waals surface area contributed by atoms with Gasteiger partial charge in [-0.2, -0.15) is 0 Å². The Balaban J connectivity index is 2.83. The van der Waals surface area contributed by atoms with Crippen LogP contribution in [0.5, 0.6) is 0 Å². The zero-order chi connectivity index (χ0) is 5.98. The molecule has 42 valence electrons. The Labute approximate surface area is 54.0 Å². The minimum Gasteiger partial charge on any atom is -0.110 e. The van der Waals surface area contributed by atoms with Gasteiger partial charge in [0.15, 0.2) is 0 Å². The van der Waals surface area contributed by atoms with E-state index in [1.54, 1.807) is 11.8 Å². The molecule has 8 heavy (non-hydrogen) atoms. The SMILES string of the molecule is CC1=C=CC=C(C)S1. The van der Waals surface area contributed by atoms with Crippen molar-refractivity contribution in [2.75, 3.05) is 0 Å². The van der Waals surface area contributed by atoms with Crippen molar-refractivity contribution in [2.24, 2.45) is 0 Å². The fourth-order valence-electron chi connectivity index (χ4n) is 0.581. The second-order valence-corrected chi connectivity index (χ2v) is 3.21. The van der Waals surface area contributed by atoms with Gasteiger partial charge < -0.3 is 0 Å².